The minimum Gasteiger partial charge on any atom is -0.361 e. The largest absolute Gasteiger partial charge is 0.361 e. The lowest BCUT2D eigenvalue weighted by atomic mass is 10.1. The molecule has 1 aliphatic rings. The topological polar surface area (TPSA) is 57.8 Å². The molecular formula is C14H13N3O. The Balaban J connectivity index is 2.12. The van der Waals surface area contributed by atoms with Gasteiger partial charge in [0.1, 0.15) is 0 Å². The molecule has 3 heterocycles. The summed E-state index contributed by atoms with van der Waals surface area (Å²) in [5.41, 5.74) is 5.68. The zero-order valence-corrected chi connectivity index (χ0v) is 10.2. The fourth-order valence-electron chi connectivity index (χ4n) is 2.09. The molecule has 90 valence electrons. The van der Waals surface area contributed by atoms with E-state index in [0.29, 0.717) is 5.57 Å². The number of hydrogen-bond donors (Lipinski definition) is 2. The van der Waals surface area contributed by atoms with Crippen LogP contribution in [0.15, 0.2) is 24.7 Å². The van der Waals surface area contributed by atoms with Crippen molar-refractivity contribution in [3.05, 3.63) is 47.0 Å². The van der Waals surface area contributed by atoms with Crippen LogP contribution in [0.1, 0.15) is 22.4 Å². The van der Waals surface area contributed by atoms with Crippen LogP contribution in [0.2, 0.25) is 0 Å². The van der Waals surface area contributed by atoms with Gasteiger partial charge in [-0.25, -0.2) is 0 Å². The number of carbonyl (C=O) groups is 1. The van der Waals surface area contributed by atoms with Crippen LogP contribution in [0.4, 0.5) is 5.69 Å². The number of nitrogens with one attached hydrogen (secondary N) is 2. The van der Waals surface area contributed by atoms with E-state index in [1.165, 1.54) is 5.56 Å². The minimum absolute atomic E-state index is 0.0790. The van der Waals surface area contributed by atoms with Gasteiger partial charge in [0.05, 0.1) is 17.5 Å². The second-order valence-corrected chi connectivity index (χ2v) is 4.44. The normalized spacial score (nSPS) is 15.9. The van der Waals surface area contributed by atoms with Crippen LogP contribution in [-0.4, -0.2) is 15.9 Å². The Labute approximate surface area is 105 Å². The van der Waals surface area contributed by atoms with Crippen LogP contribution < -0.4 is 5.32 Å². The lowest BCUT2D eigenvalue weighted by Crippen LogP contribution is -2.03. The summed E-state index contributed by atoms with van der Waals surface area (Å²) in [6.07, 6.45) is 7.20. The summed E-state index contributed by atoms with van der Waals surface area (Å²) < 4.78 is 0. The van der Waals surface area contributed by atoms with Gasteiger partial charge in [-0.1, -0.05) is 0 Å². The van der Waals surface area contributed by atoms with E-state index in [4.69, 9.17) is 0 Å². The first-order chi connectivity index (χ1) is 8.66. The average Bonchev–Trinajstić information content (AvgIpc) is 2.85. The first-order valence-electron chi connectivity index (χ1n) is 5.79. The molecule has 1 amide bonds. The molecule has 18 heavy (non-hydrogen) atoms. The Morgan fingerprint density at radius 3 is 2.89 bits per heavy atom. The highest BCUT2D eigenvalue weighted by Crippen LogP contribution is 2.32. The average molecular weight is 239 g/mol. The van der Waals surface area contributed by atoms with Gasteiger partial charge in [-0.05, 0) is 37.1 Å². The summed E-state index contributed by atoms with van der Waals surface area (Å²) in [6.45, 7) is 4.08. The number of aromatic amines is 1. The molecule has 0 aliphatic carbocycles. The van der Waals surface area contributed by atoms with Gasteiger partial charge in [-0.3, -0.25) is 9.78 Å². The molecule has 2 aromatic rings. The number of fused-ring (bicyclic) bond motifs is 1. The number of anilines is 1. The molecule has 0 atom stereocenters. The molecule has 2 N–H and O–H groups in total. The second kappa shape index (κ2) is 3.84. The van der Waals surface area contributed by atoms with Crippen molar-refractivity contribution in [3.63, 3.8) is 0 Å². The van der Waals surface area contributed by atoms with Crippen molar-refractivity contribution < 1.29 is 4.79 Å². The number of nitrogens with zero attached hydrogens (tertiary/aromatic N) is 1. The van der Waals surface area contributed by atoms with Crippen LogP contribution in [0.3, 0.4) is 0 Å². The van der Waals surface area contributed by atoms with Crippen LogP contribution in [0.5, 0.6) is 0 Å². The number of H-pyrrole nitrogens is 1. The van der Waals surface area contributed by atoms with E-state index in [9.17, 15) is 4.79 Å². The lowest BCUT2D eigenvalue weighted by molar-refractivity contribution is -0.110. The third-order valence-corrected chi connectivity index (χ3v) is 3.33. The van der Waals surface area contributed by atoms with Gasteiger partial charge in [0.2, 0.25) is 0 Å². The first-order valence-corrected chi connectivity index (χ1v) is 5.79. The van der Waals surface area contributed by atoms with Crippen molar-refractivity contribution in [1.29, 1.82) is 0 Å². The minimum atomic E-state index is -0.0790. The summed E-state index contributed by atoms with van der Waals surface area (Å²) >= 11 is 0. The van der Waals surface area contributed by atoms with E-state index in [1.54, 1.807) is 12.4 Å². The first kappa shape index (κ1) is 10.8. The van der Waals surface area contributed by atoms with E-state index >= 15 is 0 Å². The molecule has 1 aliphatic heterocycles. The predicted octanol–water partition coefficient (Wildman–Crippen LogP) is 2.52. The Morgan fingerprint density at radius 1 is 1.33 bits per heavy atom. The standard InChI is InChI=1S/C14H13N3O/c1-8-6-16-12(9(8)2)5-11-10-3-4-15-7-13(10)17-14(11)18/h3-7,16H,1-2H3,(H,17,18). The van der Waals surface area contributed by atoms with Crippen molar-refractivity contribution in [2.45, 2.75) is 13.8 Å². The third-order valence-electron chi connectivity index (χ3n) is 3.33. The van der Waals surface area contributed by atoms with Gasteiger partial charge in [0.25, 0.3) is 5.91 Å². The maximum Gasteiger partial charge on any atom is 0.256 e. The van der Waals surface area contributed by atoms with E-state index in [0.717, 1.165) is 22.5 Å². The maximum atomic E-state index is 11.9. The summed E-state index contributed by atoms with van der Waals surface area (Å²) in [5.74, 6) is -0.0790. The van der Waals surface area contributed by atoms with Crippen molar-refractivity contribution in [3.8, 4) is 0 Å². The zero-order chi connectivity index (χ0) is 12.7. The Hall–Kier alpha value is -2.36. The monoisotopic (exact) mass is 239 g/mol. The Kier molecular flexibility index (Phi) is 2.30. The SMILES string of the molecule is Cc1c[nH]c(C=C2C(=O)Nc3cnccc32)c1C. The van der Waals surface area contributed by atoms with Gasteiger partial charge in [-0.15, -0.1) is 0 Å². The molecule has 0 spiro atoms. The second-order valence-electron chi connectivity index (χ2n) is 4.44. The maximum absolute atomic E-state index is 11.9. The van der Waals surface area contributed by atoms with Gasteiger partial charge >= 0.3 is 0 Å². The van der Waals surface area contributed by atoms with E-state index in [1.807, 2.05) is 32.2 Å². The van der Waals surface area contributed by atoms with Gasteiger partial charge in [-0.2, -0.15) is 0 Å². The summed E-state index contributed by atoms with van der Waals surface area (Å²) in [5, 5.41) is 2.81. The van der Waals surface area contributed by atoms with Crippen molar-refractivity contribution in [2.75, 3.05) is 5.32 Å². The third kappa shape index (κ3) is 1.54. The van der Waals surface area contributed by atoms with Crippen LogP contribution in [0.25, 0.3) is 11.6 Å². The van der Waals surface area contributed by atoms with Crippen LogP contribution >= 0.6 is 0 Å². The molecule has 4 heteroatoms. The number of rotatable bonds is 1. The predicted molar refractivity (Wildman–Crippen MR) is 71.0 cm³/mol. The van der Waals surface area contributed by atoms with Gasteiger partial charge in [0, 0.05) is 23.7 Å². The quantitative estimate of drug-likeness (QED) is 0.751. The highest BCUT2D eigenvalue weighted by molar-refractivity contribution is 6.34. The molecule has 0 aromatic carbocycles. The number of aromatic nitrogens is 2. The van der Waals surface area contributed by atoms with Gasteiger partial charge < -0.3 is 10.3 Å². The molecule has 4 nitrogen and oxygen atoms in total. The highest BCUT2D eigenvalue weighted by atomic mass is 16.2. The Bertz CT molecular complexity index is 667. The number of carbonyl (C=O) groups excluding carboxylic acids is 1. The molecule has 0 fully saturated rings. The lowest BCUT2D eigenvalue weighted by Gasteiger charge is -1.98. The molecule has 0 radical (unpaired) electrons. The van der Waals surface area contributed by atoms with E-state index < -0.39 is 0 Å². The molecule has 0 saturated carbocycles. The summed E-state index contributed by atoms with van der Waals surface area (Å²) in [6, 6.07) is 1.85. The molecular weight excluding hydrogens is 226 g/mol. The molecule has 2 aromatic heterocycles. The fourth-order valence-corrected chi connectivity index (χ4v) is 2.09. The summed E-state index contributed by atoms with van der Waals surface area (Å²) in [4.78, 5) is 19.1. The zero-order valence-electron chi connectivity index (χ0n) is 10.2. The number of hydrogen-bond acceptors (Lipinski definition) is 2. The van der Waals surface area contributed by atoms with Crippen LogP contribution in [0, 0.1) is 13.8 Å². The number of amides is 1. The molecule has 0 bridgehead atoms. The molecule has 0 saturated heterocycles. The fraction of sp³-hybridized carbons (Fsp3) is 0.143. The Morgan fingerprint density at radius 2 is 2.17 bits per heavy atom. The summed E-state index contributed by atoms with van der Waals surface area (Å²) in [7, 11) is 0. The van der Waals surface area contributed by atoms with Crippen molar-refractivity contribution in [1.82, 2.24) is 9.97 Å². The van der Waals surface area contributed by atoms with E-state index in [2.05, 4.69) is 15.3 Å². The molecule has 3 rings (SSSR count). The van der Waals surface area contributed by atoms with E-state index in [-0.39, 0.29) is 5.91 Å². The smallest absolute Gasteiger partial charge is 0.256 e. The number of pyridine rings is 1. The van der Waals surface area contributed by atoms with Crippen molar-refractivity contribution in [2.24, 2.45) is 0 Å². The van der Waals surface area contributed by atoms with Crippen molar-refractivity contribution >= 4 is 23.2 Å². The highest BCUT2D eigenvalue weighted by Gasteiger charge is 2.24. The van der Waals surface area contributed by atoms with Gasteiger partial charge in [0.15, 0.2) is 0 Å². The molecule has 0 unspecified atom stereocenters. The van der Waals surface area contributed by atoms with Crippen LogP contribution in [-0.2, 0) is 4.79 Å². The number of aryl methyl sites for hydroxylation is 1.